The van der Waals surface area contributed by atoms with Gasteiger partial charge in [0.2, 0.25) is 16.7 Å². The van der Waals surface area contributed by atoms with Gasteiger partial charge in [0.15, 0.2) is 0 Å². The van der Waals surface area contributed by atoms with E-state index in [0.717, 1.165) is 44.8 Å². The summed E-state index contributed by atoms with van der Waals surface area (Å²) in [5.41, 5.74) is 15.0. The maximum absolute atomic E-state index is 6.20. The van der Waals surface area contributed by atoms with Gasteiger partial charge in [-0.15, -0.1) is 4.57 Å². The molecule has 0 bridgehead atoms. The summed E-state index contributed by atoms with van der Waals surface area (Å²) in [4.78, 5) is 7.22. The summed E-state index contributed by atoms with van der Waals surface area (Å²) in [7, 11) is 0. The predicted octanol–water partition coefficient (Wildman–Crippen LogP) is 6.72. The van der Waals surface area contributed by atoms with Gasteiger partial charge in [-0.1, -0.05) is 54.6 Å². The molecule has 0 unspecified atom stereocenters. The fraction of sp³-hybridized carbons (Fsp3) is 0. The average Bonchev–Trinajstić information content (AvgIpc) is 2.89. The number of rotatable bonds is 4. The Labute approximate surface area is 198 Å². The molecule has 34 heavy (non-hydrogen) atoms. The minimum absolute atomic E-state index is 0.713. The number of nitrogen functional groups attached to an aromatic ring is 1. The molecule has 0 saturated heterocycles. The molecule has 5 aromatic carbocycles. The van der Waals surface area contributed by atoms with E-state index in [-0.39, 0.29) is 0 Å². The van der Waals surface area contributed by atoms with Gasteiger partial charge >= 0.3 is 0 Å². The number of benzene rings is 5. The molecular formula is C30H23N4+. The van der Waals surface area contributed by atoms with Crippen molar-refractivity contribution < 1.29 is 4.57 Å². The van der Waals surface area contributed by atoms with Crippen molar-refractivity contribution in [3.05, 3.63) is 127 Å². The second-order valence-electron chi connectivity index (χ2n) is 8.21. The number of nitrogens with two attached hydrogens (primary N) is 1. The van der Waals surface area contributed by atoms with Gasteiger partial charge in [0.05, 0.1) is 5.69 Å². The maximum Gasteiger partial charge on any atom is 0.239 e. The molecule has 2 N–H and O–H groups in total. The van der Waals surface area contributed by atoms with Crippen molar-refractivity contribution in [3.8, 4) is 5.69 Å². The monoisotopic (exact) mass is 439 g/mol. The van der Waals surface area contributed by atoms with Crippen LogP contribution in [-0.2, 0) is 0 Å². The molecular weight excluding hydrogens is 416 g/mol. The van der Waals surface area contributed by atoms with Crippen LogP contribution in [0.5, 0.6) is 0 Å². The van der Waals surface area contributed by atoms with Crippen LogP contribution >= 0.6 is 0 Å². The van der Waals surface area contributed by atoms with Crippen LogP contribution in [0.4, 0.5) is 22.7 Å². The van der Waals surface area contributed by atoms with Crippen molar-refractivity contribution in [1.29, 1.82) is 0 Å². The summed E-state index contributed by atoms with van der Waals surface area (Å²) < 4.78 is 2.24. The Morgan fingerprint density at radius 1 is 0.529 bits per heavy atom. The number of hydrogen-bond donors (Lipinski definition) is 1. The van der Waals surface area contributed by atoms with E-state index in [2.05, 4.69) is 100 Å². The van der Waals surface area contributed by atoms with Crippen molar-refractivity contribution in [1.82, 2.24) is 4.98 Å². The van der Waals surface area contributed by atoms with E-state index < -0.39 is 0 Å². The first-order chi connectivity index (χ1) is 16.8. The highest BCUT2D eigenvalue weighted by Gasteiger charge is 2.22. The Hall–Kier alpha value is -4.70. The number of aromatic nitrogens is 2. The Kier molecular flexibility index (Phi) is 4.89. The molecule has 0 fully saturated rings. The molecule has 1 heterocycles. The molecule has 0 amide bonds. The van der Waals surface area contributed by atoms with Gasteiger partial charge in [0, 0.05) is 41.3 Å². The molecule has 4 heteroatoms. The molecule has 6 aromatic rings. The third-order valence-electron chi connectivity index (χ3n) is 5.98. The zero-order chi connectivity index (χ0) is 22.9. The Balaban J connectivity index is 1.67. The summed E-state index contributed by atoms with van der Waals surface area (Å²) in [5, 5.41) is 0. The quantitative estimate of drug-likeness (QED) is 0.188. The van der Waals surface area contributed by atoms with Crippen LogP contribution in [0.1, 0.15) is 0 Å². The van der Waals surface area contributed by atoms with Crippen molar-refractivity contribution in [2.24, 2.45) is 0 Å². The Morgan fingerprint density at radius 2 is 1.06 bits per heavy atom. The highest BCUT2D eigenvalue weighted by Crippen LogP contribution is 2.35. The minimum atomic E-state index is 0.713. The van der Waals surface area contributed by atoms with E-state index in [4.69, 9.17) is 10.7 Å². The topological polar surface area (TPSA) is 46.0 Å². The molecule has 0 aliphatic heterocycles. The van der Waals surface area contributed by atoms with Crippen LogP contribution < -0.4 is 15.2 Å². The molecule has 1 aromatic heterocycles. The molecule has 0 radical (unpaired) electrons. The number of para-hydroxylation sites is 3. The lowest BCUT2D eigenvalue weighted by Gasteiger charge is -2.25. The van der Waals surface area contributed by atoms with Gasteiger partial charge in [-0.05, 0) is 48.5 Å². The standard InChI is InChI=1S/C30H22N4/c31-22-16-18-27-29(20-22)34(25-14-8-3-9-15-25)30-21-26(17-19-28(30)32-27)33(23-10-4-1-5-11-23)24-12-6-2-7-13-24/h1-21,31H/p+1. The molecule has 0 spiro atoms. The van der Waals surface area contributed by atoms with Crippen molar-refractivity contribution >= 4 is 44.8 Å². The average molecular weight is 440 g/mol. The van der Waals surface area contributed by atoms with Crippen molar-refractivity contribution in [2.75, 3.05) is 10.6 Å². The van der Waals surface area contributed by atoms with Crippen LogP contribution in [0.3, 0.4) is 0 Å². The first kappa shape index (κ1) is 19.9. The van der Waals surface area contributed by atoms with E-state index in [1.54, 1.807) is 0 Å². The summed E-state index contributed by atoms with van der Waals surface area (Å²) >= 11 is 0. The number of anilines is 4. The summed E-state index contributed by atoms with van der Waals surface area (Å²) in [5.74, 6) is 0. The van der Waals surface area contributed by atoms with E-state index >= 15 is 0 Å². The lowest BCUT2D eigenvalue weighted by atomic mass is 10.1. The molecule has 0 aliphatic carbocycles. The first-order valence-corrected chi connectivity index (χ1v) is 11.3. The highest BCUT2D eigenvalue weighted by atomic mass is 15.1. The van der Waals surface area contributed by atoms with Gasteiger partial charge in [0.1, 0.15) is 11.0 Å². The summed E-state index contributed by atoms with van der Waals surface area (Å²) in [6, 6.07) is 43.5. The van der Waals surface area contributed by atoms with Gasteiger partial charge in [-0.2, -0.15) is 0 Å². The van der Waals surface area contributed by atoms with Crippen LogP contribution in [-0.4, -0.2) is 4.98 Å². The van der Waals surface area contributed by atoms with Crippen LogP contribution in [0, 0.1) is 0 Å². The normalized spacial score (nSPS) is 11.1. The number of nitrogens with zero attached hydrogens (tertiary/aromatic N) is 3. The second-order valence-corrected chi connectivity index (χ2v) is 8.21. The van der Waals surface area contributed by atoms with E-state index in [1.165, 1.54) is 0 Å². The van der Waals surface area contributed by atoms with Crippen molar-refractivity contribution in [2.45, 2.75) is 0 Å². The molecule has 0 atom stereocenters. The SMILES string of the molecule is Nc1ccc2nc3ccc(N(c4ccccc4)c4ccccc4)cc3[n+](-c3ccccc3)c2c1. The van der Waals surface area contributed by atoms with Crippen molar-refractivity contribution in [3.63, 3.8) is 0 Å². The third kappa shape index (κ3) is 3.51. The fourth-order valence-corrected chi connectivity index (χ4v) is 4.45. The molecule has 162 valence electrons. The van der Waals surface area contributed by atoms with Gasteiger partial charge < -0.3 is 10.6 Å². The maximum atomic E-state index is 6.20. The Bertz CT molecular complexity index is 1560. The predicted molar refractivity (Wildman–Crippen MR) is 140 cm³/mol. The molecule has 0 saturated carbocycles. The van der Waals surface area contributed by atoms with E-state index in [0.29, 0.717) is 5.69 Å². The van der Waals surface area contributed by atoms with E-state index in [9.17, 15) is 0 Å². The third-order valence-corrected chi connectivity index (χ3v) is 5.98. The zero-order valence-electron chi connectivity index (χ0n) is 18.5. The summed E-state index contributed by atoms with van der Waals surface area (Å²) in [6.45, 7) is 0. The van der Waals surface area contributed by atoms with Gasteiger partial charge in [-0.25, -0.2) is 4.98 Å². The second kappa shape index (κ2) is 8.34. The minimum Gasteiger partial charge on any atom is -0.399 e. The molecule has 4 nitrogen and oxygen atoms in total. The number of hydrogen-bond acceptors (Lipinski definition) is 3. The van der Waals surface area contributed by atoms with Crippen LogP contribution in [0.2, 0.25) is 0 Å². The van der Waals surface area contributed by atoms with Crippen LogP contribution in [0.25, 0.3) is 27.8 Å². The van der Waals surface area contributed by atoms with Crippen LogP contribution in [0.15, 0.2) is 127 Å². The van der Waals surface area contributed by atoms with Gasteiger partial charge in [-0.3, -0.25) is 0 Å². The molecule has 6 rings (SSSR count). The number of fused-ring (bicyclic) bond motifs is 2. The zero-order valence-corrected chi connectivity index (χ0v) is 18.5. The molecule has 0 aliphatic rings. The highest BCUT2D eigenvalue weighted by molar-refractivity contribution is 5.88. The smallest absolute Gasteiger partial charge is 0.239 e. The summed E-state index contributed by atoms with van der Waals surface area (Å²) in [6.07, 6.45) is 0. The van der Waals surface area contributed by atoms with E-state index in [1.807, 2.05) is 36.4 Å². The Morgan fingerprint density at radius 3 is 1.68 bits per heavy atom. The fourth-order valence-electron chi connectivity index (χ4n) is 4.45. The lowest BCUT2D eigenvalue weighted by molar-refractivity contribution is -0.538. The lowest BCUT2D eigenvalue weighted by Crippen LogP contribution is -2.33. The first-order valence-electron chi connectivity index (χ1n) is 11.3. The largest absolute Gasteiger partial charge is 0.399 e. The van der Waals surface area contributed by atoms with Gasteiger partial charge in [0.25, 0.3) is 0 Å².